The maximum absolute atomic E-state index is 5.33. The second-order valence-electron chi connectivity index (χ2n) is 3.26. The summed E-state index contributed by atoms with van der Waals surface area (Å²) in [5.41, 5.74) is 2.02. The van der Waals surface area contributed by atoms with Gasteiger partial charge in [-0.3, -0.25) is 4.90 Å². The molecule has 4 rings (SSSR count). The molecule has 2 nitrogen and oxygen atoms in total. The fourth-order valence-corrected chi connectivity index (χ4v) is 2.14. The zero-order valence-electron chi connectivity index (χ0n) is 5.26. The first-order chi connectivity index (χ1) is 4.39. The Labute approximate surface area is 54.1 Å². The highest BCUT2D eigenvalue weighted by Crippen LogP contribution is 2.46. The van der Waals surface area contributed by atoms with Gasteiger partial charge in [-0.25, -0.2) is 0 Å². The summed E-state index contributed by atoms with van der Waals surface area (Å²) < 4.78 is 5.33. The van der Waals surface area contributed by atoms with E-state index in [2.05, 4.69) is 11.0 Å². The van der Waals surface area contributed by atoms with Crippen LogP contribution in [-0.2, 0) is 4.74 Å². The quantitative estimate of drug-likeness (QED) is 0.431. The summed E-state index contributed by atoms with van der Waals surface area (Å²) >= 11 is 0. The third-order valence-electron chi connectivity index (χ3n) is 2.63. The van der Waals surface area contributed by atoms with Crippen LogP contribution in [0.4, 0.5) is 0 Å². The number of nitrogens with zero attached hydrogens (tertiary/aromatic N) is 1. The SMILES string of the molecule is C1=C2CN3COC[C@]13C2. The minimum atomic E-state index is 0.398. The predicted molar refractivity (Wildman–Crippen MR) is 33.0 cm³/mol. The summed E-state index contributed by atoms with van der Waals surface area (Å²) in [4.78, 5) is 2.42. The third-order valence-corrected chi connectivity index (χ3v) is 2.63. The third kappa shape index (κ3) is 0.345. The fraction of sp³-hybridized carbons (Fsp3) is 0.714. The summed E-state index contributed by atoms with van der Waals surface area (Å²) in [6, 6.07) is 0. The Morgan fingerprint density at radius 1 is 1.67 bits per heavy atom. The second-order valence-corrected chi connectivity index (χ2v) is 3.26. The van der Waals surface area contributed by atoms with Crippen LogP contribution in [0.25, 0.3) is 0 Å². The van der Waals surface area contributed by atoms with Crippen molar-refractivity contribution >= 4 is 0 Å². The van der Waals surface area contributed by atoms with Crippen molar-refractivity contribution in [2.24, 2.45) is 0 Å². The molecule has 0 aromatic heterocycles. The highest BCUT2D eigenvalue weighted by atomic mass is 16.5. The van der Waals surface area contributed by atoms with Crippen molar-refractivity contribution in [2.75, 3.05) is 19.9 Å². The predicted octanol–water partition coefficient (Wildman–Crippen LogP) is 0.359. The first kappa shape index (κ1) is 4.47. The lowest BCUT2D eigenvalue weighted by molar-refractivity contribution is 0.147. The molecule has 2 fully saturated rings. The molecule has 2 bridgehead atoms. The Kier molecular flexibility index (Phi) is 0.541. The molecule has 0 saturated carbocycles. The van der Waals surface area contributed by atoms with Crippen molar-refractivity contribution in [1.82, 2.24) is 4.90 Å². The molecule has 3 aliphatic heterocycles. The van der Waals surface area contributed by atoms with Gasteiger partial charge in [0, 0.05) is 6.54 Å². The molecule has 0 aromatic rings. The molecule has 1 spiro atoms. The van der Waals surface area contributed by atoms with Crippen molar-refractivity contribution in [3.63, 3.8) is 0 Å². The molecular weight excluding hydrogens is 114 g/mol. The lowest BCUT2D eigenvalue weighted by Crippen LogP contribution is -2.39. The maximum atomic E-state index is 5.33. The van der Waals surface area contributed by atoms with Crippen LogP contribution in [0.1, 0.15) is 6.42 Å². The molecule has 1 atom stereocenters. The van der Waals surface area contributed by atoms with Gasteiger partial charge < -0.3 is 4.74 Å². The van der Waals surface area contributed by atoms with Crippen LogP contribution in [-0.4, -0.2) is 30.3 Å². The van der Waals surface area contributed by atoms with Gasteiger partial charge in [-0.05, 0) is 6.42 Å². The van der Waals surface area contributed by atoms with Gasteiger partial charge in [-0.1, -0.05) is 11.6 Å². The van der Waals surface area contributed by atoms with E-state index in [-0.39, 0.29) is 0 Å². The van der Waals surface area contributed by atoms with E-state index >= 15 is 0 Å². The first-order valence-electron chi connectivity index (χ1n) is 3.42. The van der Waals surface area contributed by atoms with Crippen LogP contribution >= 0.6 is 0 Å². The maximum Gasteiger partial charge on any atom is 0.100 e. The molecule has 0 N–H and O–H groups in total. The van der Waals surface area contributed by atoms with Crippen LogP contribution in [0.15, 0.2) is 11.6 Å². The van der Waals surface area contributed by atoms with E-state index in [9.17, 15) is 0 Å². The molecule has 9 heavy (non-hydrogen) atoms. The summed E-state index contributed by atoms with van der Waals surface area (Å²) in [7, 11) is 0. The molecule has 0 radical (unpaired) electrons. The van der Waals surface area contributed by atoms with Gasteiger partial charge in [0.05, 0.1) is 12.1 Å². The summed E-state index contributed by atoms with van der Waals surface area (Å²) in [6.45, 7) is 2.98. The Hall–Kier alpha value is -0.340. The molecule has 1 aliphatic carbocycles. The molecule has 2 saturated heterocycles. The molecular formula is C7H9NO. The number of ether oxygens (including phenoxy) is 1. The summed E-state index contributed by atoms with van der Waals surface area (Å²) in [5, 5.41) is 0. The average molecular weight is 123 g/mol. The molecule has 0 unspecified atom stereocenters. The van der Waals surface area contributed by atoms with Crippen molar-refractivity contribution in [2.45, 2.75) is 12.0 Å². The smallest absolute Gasteiger partial charge is 0.100 e. The molecule has 0 aromatic carbocycles. The largest absolute Gasteiger partial charge is 0.364 e. The molecule has 4 aliphatic rings. The standard InChI is InChI=1S/C7H9NO/c1-6-2-7(1)4-9-5-8(7)3-6/h1H,2-5H2/t7-/m1/s1. The van der Waals surface area contributed by atoms with Crippen molar-refractivity contribution in [3.8, 4) is 0 Å². The van der Waals surface area contributed by atoms with Gasteiger partial charge in [0.25, 0.3) is 0 Å². The van der Waals surface area contributed by atoms with E-state index in [1.165, 1.54) is 13.0 Å². The normalized spacial score (nSPS) is 46.4. The van der Waals surface area contributed by atoms with E-state index in [4.69, 9.17) is 4.74 Å². The highest BCUT2D eigenvalue weighted by molar-refractivity contribution is 5.38. The van der Waals surface area contributed by atoms with Crippen LogP contribution in [0.2, 0.25) is 0 Å². The molecule has 3 heterocycles. The Balaban J connectivity index is 2.09. The zero-order valence-corrected chi connectivity index (χ0v) is 5.26. The van der Waals surface area contributed by atoms with E-state index < -0.39 is 0 Å². The number of rotatable bonds is 0. The van der Waals surface area contributed by atoms with Crippen molar-refractivity contribution in [3.05, 3.63) is 11.6 Å². The van der Waals surface area contributed by atoms with Gasteiger partial charge >= 0.3 is 0 Å². The Morgan fingerprint density at radius 3 is 3.33 bits per heavy atom. The lowest BCUT2D eigenvalue weighted by atomic mass is 9.85. The summed E-state index contributed by atoms with van der Waals surface area (Å²) in [5.74, 6) is 0. The van der Waals surface area contributed by atoms with E-state index in [1.54, 1.807) is 5.57 Å². The van der Waals surface area contributed by atoms with Crippen LogP contribution in [0.5, 0.6) is 0 Å². The molecule has 2 heteroatoms. The average Bonchev–Trinajstić information content (AvgIpc) is 2.11. The van der Waals surface area contributed by atoms with Crippen LogP contribution in [0, 0.1) is 0 Å². The monoisotopic (exact) mass is 123 g/mol. The lowest BCUT2D eigenvalue weighted by Gasteiger charge is -2.28. The minimum absolute atomic E-state index is 0.398. The van der Waals surface area contributed by atoms with Crippen molar-refractivity contribution < 1.29 is 4.74 Å². The van der Waals surface area contributed by atoms with Crippen LogP contribution < -0.4 is 0 Å². The highest BCUT2D eigenvalue weighted by Gasteiger charge is 2.52. The Morgan fingerprint density at radius 2 is 2.56 bits per heavy atom. The van der Waals surface area contributed by atoms with Gasteiger partial charge in [-0.15, -0.1) is 0 Å². The molecule has 0 amide bonds. The van der Waals surface area contributed by atoms with Gasteiger partial charge in [0.1, 0.15) is 6.73 Å². The van der Waals surface area contributed by atoms with Gasteiger partial charge in [0.2, 0.25) is 0 Å². The Bertz CT molecular complexity index is 195. The fourth-order valence-electron chi connectivity index (χ4n) is 2.14. The molecule has 48 valence electrons. The van der Waals surface area contributed by atoms with E-state index in [0.717, 1.165) is 13.3 Å². The van der Waals surface area contributed by atoms with E-state index in [1.807, 2.05) is 0 Å². The minimum Gasteiger partial charge on any atom is -0.364 e. The summed E-state index contributed by atoms with van der Waals surface area (Å²) in [6.07, 6.45) is 3.66. The van der Waals surface area contributed by atoms with Gasteiger partial charge in [0.15, 0.2) is 0 Å². The van der Waals surface area contributed by atoms with Crippen molar-refractivity contribution in [1.29, 1.82) is 0 Å². The van der Waals surface area contributed by atoms with Gasteiger partial charge in [-0.2, -0.15) is 0 Å². The van der Waals surface area contributed by atoms with E-state index in [0.29, 0.717) is 5.54 Å². The number of hydrogen-bond donors (Lipinski definition) is 0. The second kappa shape index (κ2) is 1.09. The number of hydrogen-bond acceptors (Lipinski definition) is 2. The topological polar surface area (TPSA) is 12.5 Å². The first-order valence-corrected chi connectivity index (χ1v) is 3.42. The zero-order chi connectivity index (χ0) is 5.90. The van der Waals surface area contributed by atoms with Crippen LogP contribution in [0.3, 0.4) is 0 Å².